The van der Waals surface area contributed by atoms with Crippen molar-refractivity contribution >= 4 is 0 Å². The minimum atomic E-state index is 0.817. The van der Waals surface area contributed by atoms with Crippen molar-refractivity contribution < 1.29 is 0 Å². The van der Waals surface area contributed by atoms with Crippen molar-refractivity contribution in [3.05, 3.63) is 11.8 Å². The van der Waals surface area contributed by atoms with E-state index in [1.54, 1.807) is 5.70 Å². The summed E-state index contributed by atoms with van der Waals surface area (Å²) in [5, 5.41) is 3.45. The lowest BCUT2D eigenvalue weighted by atomic mass is 9.87. The van der Waals surface area contributed by atoms with Gasteiger partial charge in [-0.1, -0.05) is 13.0 Å². The smallest absolute Gasteiger partial charge is 0.0150 e. The molecule has 1 aliphatic carbocycles. The van der Waals surface area contributed by atoms with Crippen molar-refractivity contribution in [1.82, 2.24) is 5.32 Å². The zero-order valence-corrected chi connectivity index (χ0v) is 6.56. The largest absolute Gasteiger partial charge is 0.388 e. The molecule has 0 radical (unpaired) electrons. The summed E-state index contributed by atoms with van der Waals surface area (Å²) in [4.78, 5) is 0. The van der Waals surface area contributed by atoms with E-state index in [2.05, 4.69) is 18.3 Å². The molecule has 1 fully saturated rings. The molecule has 2 rings (SSSR count). The van der Waals surface area contributed by atoms with E-state index in [1.807, 2.05) is 0 Å². The minimum absolute atomic E-state index is 0.817. The zero-order valence-electron chi connectivity index (χ0n) is 6.56. The first kappa shape index (κ1) is 6.26. The molecule has 0 spiro atoms. The van der Waals surface area contributed by atoms with Gasteiger partial charge < -0.3 is 5.32 Å². The fourth-order valence-electron chi connectivity index (χ4n) is 2.04. The molecule has 0 aromatic carbocycles. The molecule has 1 heterocycles. The van der Waals surface area contributed by atoms with Crippen LogP contribution in [0.25, 0.3) is 0 Å². The lowest BCUT2D eigenvalue weighted by molar-refractivity contribution is 0.466. The highest BCUT2D eigenvalue weighted by atomic mass is 14.9. The highest BCUT2D eigenvalue weighted by molar-refractivity contribution is 5.13. The molecular weight excluding hydrogens is 122 g/mol. The molecule has 0 amide bonds. The molecule has 2 atom stereocenters. The molecule has 0 aromatic heterocycles. The maximum Gasteiger partial charge on any atom is 0.0150 e. The Morgan fingerprint density at radius 1 is 1.40 bits per heavy atom. The fourth-order valence-corrected chi connectivity index (χ4v) is 2.04. The quantitative estimate of drug-likeness (QED) is 0.537. The second-order valence-corrected chi connectivity index (χ2v) is 3.59. The molecule has 0 bridgehead atoms. The Bertz CT molecular complexity index is 160. The number of fused-ring (bicyclic) bond motifs is 1. The SMILES string of the molecule is CC1C=C2NCCC2CC1. The van der Waals surface area contributed by atoms with Crippen molar-refractivity contribution in [3.8, 4) is 0 Å². The molecule has 1 aliphatic heterocycles. The van der Waals surface area contributed by atoms with Gasteiger partial charge in [0.15, 0.2) is 0 Å². The normalized spacial score (nSPS) is 38.3. The van der Waals surface area contributed by atoms with Crippen LogP contribution in [0.1, 0.15) is 26.2 Å². The summed E-state index contributed by atoms with van der Waals surface area (Å²) in [5.74, 6) is 1.72. The Hall–Kier alpha value is -0.460. The van der Waals surface area contributed by atoms with Gasteiger partial charge in [0.25, 0.3) is 0 Å². The second-order valence-electron chi connectivity index (χ2n) is 3.59. The summed E-state index contributed by atoms with van der Waals surface area (Å²) < 4.78 is 0. The molecule has 10 heavy (non-hydrogen) atoms. The van der Waals surface area contributed by atoms with Gasteiger partial charge in [0.05, 0.1) is 0 Å². The highest BCUT2D eigenvalue weighted by Gasteiger charge is 2.24. The number of rotatable bonds is 0. The Balaban J connectivity index is 2.16. The monoisotopic (exact) mass is 137 g/mol. The van der Waals surface area contributed by atoms with E-state index in [4.69, 9.17) is 0 Å². The van der Waals surface area contributed by atoms with Gasteiger partial charge in [0.2, 0.25) is 0 Å². The van der Waals surface area contributed by atoms with Gasteiger partial charge in [-0.05, 0) is 25.2 Å². The molecule has 56 valence electrons. The summed E-state index contributed by atoms with van der Waals surface area (Å²) in [7, 11) is 0. The Kier molecular flexibility index (Phi) is 1.44. The van der Waals surface area contributed by atoms with Crippen molar-refractivity contribution in [2.45, 2.75) is 26.2 Å². The van der Waals surface area contributed by atoms with E-state index in [0.29, 0.717) is 0 Å². The summed E-state index contributed by atoms with van der Waals surface area (Å²) in [6.07, 6.45) is 6.61. The average molecular weight is 137 g/mol. The molecule has 0 saturated carbocycles. The lowest BCUT2D eigenvalue weighted by Gasteiger charge is -2.20. The van der Waals surface area contributed by atoms with Crippen LogP contribution in [0.5, 0.6) is 0 Å². The van der Waals surface area contributed by atoms with Crippen LogP contribution in [0.2, 0.25) is 0 Å². The summed E-state index contributed by atoms with van der Waals surface area (Å²) >= 11 is 0. The van der Waals surface area contributed by atoms with E-state index < -0.39 is 0 Å². The molecule has 1 N–H and O–H groups in total. The van der Waals surface area contributed by atoms with E-state index in [1.165, 1.54) is 25.8 Å². The third-order valence-electron chi connectivity index (χ3n) is 2.70. The predicted octanol–water partition coefficient (Wildman–Crippen LogP) is 1.91. The van der Waals surface area contributed by atoms with Crippen LogP contribution in [0.15, 0.2) is 11.8 Å². The zero-order chi connectivity index (χ0) is 6.97. The van der Waals surface area contributed by atoms with E-state index in [9.17, 15) is 0 Å². The van der Waals surface area contributed by atoms with E-state index in [0.717, 1.165) is 11.8 Å². The van der Waals surface area contributed by atoms with Crippen LogP contribution in [0, 0.1) is 11.8 Å². The van der Waals surface area contributed by atoms with E-state index >= 15 is 0 Å². The van der Waals surface area contributed by atoms with Crippen LogP contribution in [0.4, 0.5) is 0 Å². The molecule has 1 heteroatoms. The number of nitrogens with one attached hydrogen (secondary N) is 1. The standard InChI is InChI=1S/C9H15N/c1-7-2-3-8-4-5-10-9(8)6-7/h6-8,10H,2-5H2,1H3. The Labute approximate surface area is 62.5 Å². The average Bonchev–Trinajstić information content (AvgIpc) is 2.33. The van der Waals surface area contributed by atoms with Crippen LogP contribution < -0.4 is 5.32 Å². The van der Waals surface area contributed by atoms with Gasteiger partial charge in [0.1, 0.15) is 0 Å². The fraction of sp³-hybridized carbons (Fsp3) is 0.778. The van der Waals surface area contributed by atoms with Crippen molar-refractivity contribution in [2.24, 2.45) is 11.8 Å². The van der Waals surface area contributed by atoms with Crippen LogP contribution >= 0.6 is 0 Å². The van der Waals surface area contributed by atoms with Gasteiger partial charge >= 0.3 is 0 Å². The number of hydrogen-bond donors (Lipinski definition) is 1. The van der Waals surface area contributed by atoms with Crippen molar-refractivity contribution in [2.75, 3.05) is 6.54 Å². The van der Waals surface area contributed by atoms with Gasteiger partial charge in [-0.2, -0.15) is 0 Å². The first-order chi connectivity index (χ1) is 4.86. The van der Waals surface area contributed by atoms with Gasteiger partial charge in [0, 0.05) is 18.2 Å². The number of hydrogen-bond acceptors (Lipinski definition) is 1. The maximum atomic E-state index is 3.45. The summed E-state index contributed by atoms with van der Waals surface area (Å²) in [6, 6.07) is 0. The Morgan fingerprint density at radius 3 is 3.20 bits per heavy atom. The molecular formula is C9H15N. The molecule has 2 unspecified atom stereocenters. The van der Waals surface area contributed by atoms with Gasteiger partial charge in [-0.3, -0.25) is 0 Å². The van der Waals surface area contributed by atoms with Gasteiger partial charge in [-0.15, -0.1) is 0 Å². The number of allylic oxidation sites excluding steroid dienone is 2. The third-order valence-corrected chi connectivity index (χ3v) is 2.70. The second kappa shape index (κ2) is 2.30. The topological polar surface area (TPSA) is 12.0 Å². The van der Waals surface area contributed by atoms with Crippen LogP contribution in [-0.2, 0) is 0 Å². The molecule has 0 aromatic rings. The molecule has 1 saturated heterocycles. The maximum absolute atomic E-state index is 3.45. The summed E-state index contributed by atoms with van der Waals surface area (Å²) in [6.45, 7) is 3.52. The first-order valence-electron chi connectivity index (χ1n) is 4.32. The molecule has 2 aliphatic rings. The molecule has 1 nitrogen and oxygen atoms in total. The van der Waals surface area contributed by atoms with Crippen molar-refractivity contribution in [3.63, 3.8) is 0 Å². The summed E-state index contributed by atoms with van der Waals surface area (Å²) in [5.41, 5.74) is 1.54. The highest BCUT2D eigenvalue weighted by Crippen LogP contribution is 2.31. The lowest BCUT2D eigenvalue weighted by Crippen LogP contribution is -2.13. The van der Waals surface area contributed by atoms with Crippen LogP contribution in [0.3, 0.4) is 0 Å². The van der Waals surface area contributed by atoms with Crippen LogP contribution in [-0.4, -0.2) is 6.54 Å². The predicted molar refractivity (Wildman–Crippen MR) is 42.6 cm³/mol. The minimum Gasteiger partial charge on any atom is -0.388 e. The Morgan fingerprint density at radius 2 is 2.30 bits per heavy atom. The van der Waals surface area contributed by atoms with Crippen molar-refractivity contribution in [1.29, 1.82) is 0 Å². The van der Waals surface area contributed by atoms with E-state index in [-0.39, 0.29) is 0 Å². The third kappa shape index (κ3) is 0.938. The van der Waals surface area contributed by atoms with Gasteiger partial charge in [-0.25, -0.2) is 0 Å². The first-order valence-corrected chi connectivity index (χ1v) is 4.32.